The van der Waals surface area contributed by atoms with E-state index in [0.717, 1.165) is 5.56 Å². The van der Waals surface area contributed by atoms with Crippen molar-refractivity contribution in [2.75, 3.05) is 25.5 Å². The fourth-order valence-corrected chi connectivity index (χ4v) is 4.45. The molecular formula is C30H36F2N5O3W-. The van der Waals surface area contributed by atoms with Gasteiger partial charge >= 0.3 is 0 Å². The minimum atomic E-state index is -1.07. The van der Waals surface area contributed by atoms with Crippen LogP contribution in [0.4, 0.5) is 20.3 Å². The Hall–Kier alpha value is -3.36. The molecule has 4 aromatic rings. The topological polar surface area (TPSA) is 92.0 Å². The molecule has 8 nitrogen and oxygen atoms in total. The maximum atomic E-state index is 14.7. The molecule has 41 heavy (non-hydrogen) atoms. The number of nitrogens with zero attached hydrogens (tertiary/aromatic N) is 4. The Morgan fingerprint density at radius 1 is 1.12 bits per heavy atom. The number of anilines is 2. The second-order valence-electron chi connectivity index (χ2n) is 9.44. The second-order valence-corrected chi connectivity index (χ2v) is 9.44. The molecule has 0 bridgehead atoms. The van der Waals surface area contributed by atoms with Gasteiger partial charge in [0.15, 0.2) is 23.0 Å². The Labute approximate surface area is 254 Å². The average Bonchev–Trinajstić information content (AvgIpc) is 3.36. The number of aliphatic hydroxyl groups excluding tert-OH is 1. The van der Waals surface area contributed by atoms with Crippen LogP contribution in [-0.2, 0) is 21.1 Å². The van der Waals surface area contributed by atoms with E-state index in [-0.39, 0.29) is 51.8 Å². The van der Waals surface area contributed by atoms with E-state index in [2.05, 4.69) is 29.1 Å². The fraction of sp³-hybridized carbons (Fsp3) is 0.333. The maximum absolute atomic E-state index is 14.7. The van der Waals surface area contributed by atoms with Gasteiger partial charge in [-0.1, -0.05) is 20.3 Å². The maximum Gasteiger partial charge on any atom is 0.254 e. The third-order valence-corrected chi connectivity index (χ3v) is 6.44. The molecule has 5 rings (SSSR count). The van der Waals surface area contributed by atoms with E-state index in [9.17, 15) is 18.7 Å². The number of aliphatic hydroxyl groups is 1. The Bertz CT molecular complexity index is 1470. The molecule has 1 fully saturated rings. The number of aryl methyl sites for hydroxylation is 1. The largest absolute Gasteiger partial charge is 0.494 e. The summed E-state index contributed by atoms with van der Waals surface area (Å²) in [6.07, 6.45) is 6.68. The minimum Gasteiger partial charge on any atom is -0.494 e. The smallest absolute Gasteiger partial charge is 0.254 e. The van der Waals surface area contributed by atoms with Gasteiger partial charge in [-0.3, -0.25) is 9.20 Å². The van der Waals surface area contributed by atoms with Crippen molar-refractivity contribution >= 4 is 23.1 Å². The molecule has 2 N–H and O–H groups in total. The van der Waals surface area contributed by atoms with Gasteiger partial charge in [0, 0.05) is 63.4 Å². The number of methoxy groups -OCH3 is 1. The number of fused-ring (bicyclic) bond motifs is 1. The fourth-order valence-electron chi connectivity index (χ4n) is 4.45. The molecule has 1 amide bonds. The predicted octanol–water partition coefficient (Wildman–Crippen LogP) is 6.20. The van der Waals surface area contributed by atoms with E-state index in [1.165, 1.54) is 38.1 Å². The molecule has 0 radical (unpaired) electrons. The van der Waals surface area contributed by atoms with Crippen molar-refractivity contribution in [2.45, 2.75) is 46.1 Å². The number of likely N-dealkylation sites (tertiary alicyclic amines) is 1. The molecule has 0 saturated carbocycles. The number of carbonyl (C=O) groups is 1. The van der Waals surface area contributed by atoms with Crippen LogP contribution in [0.1, 0.15) is 49.0 Å². The van der Waals surface area contributed by atoms with Gasteiger partial charge in [0.2, 0.25) is 5.82 Å². The third kappa shape index (κ3) is 7.29. The molecule has 2 aromatic heterocycles. The van der Waals surface area contributed by atoms with E-state index >= 15 is 0 Å². The first-order valence-electron chi connectivity index (χ1n) is 13.0. The van der Waals surface area contributed by atoms with E-state index in [4.69, 9.17) is 4.74 Å². The summed E-state index contributed by atoms with van der Waals surface area (Å²) in [5.74, 6) is -1.91. The van der Waals surface area contributed by atoms with Crippen molar-refractivity contribution < 1.29 is 44.5 Å². The van der Waals surface area contributed by atoms with Crippen LogP contribution < -0.4 is 10.1 Å². The van der Waals surface area contributed by atoms with Crippen molar-refractivity contribution in [3.63, 3.8) is 0 Å². The SMILES string of the molecule is CCC.COc1ccc(-c2cnc3c(Nc4ccc(C(=O)N5CCC(O)CC5)c(C)c4)nccn23)c(F)c1F.[CH3-].[W]. The standard InChI is InChI=1S/C26H25F2N5O3.C3H8.CH3.W/c1-15-13-16(3-4-18(15)26(35)32-10-7-17(34)8-11-32)31-24-25-30-14-20(33(25)12-9-29-24)19-5-6-21(36-2)23(28)22(19)27;1-3-2;;/h3-6,9,12-14,17,34H,7-8,10-11H2,1-2H3,(H,29,31);3H2,1-2H3;1H3;/q;;-1;. The van der Waals surface area contributed by atoms with E-state index in [1.54, 1.807) is 27.6 Å². The van der Waals surface area contributed by atoms with Gasteiger partial charge in [-0.15, -0.1) is 0 Å². The van der Waals surface area contributed by atoms with Gasteiger partial charge in [-0.2, -0.15) is 4.39 Å². The number of nitrogens with one attached hydrogen (secondary N) is 1. The summed E-state index contributed by atoms with van der Waals surface area (Å²) in [7, 11) is 1.28. The van der Waals surface area contributed by atoms with Crippen molar-refractivity contribution in [3.05, 3.63) is 79.1 Å². The number of hydrogen-bond acceptors (Lipinski definition) is 6. The van der Waals surface area contributed by atoms with Crippen LogP contribution in [0.2, 0.25) is 0 Å². The van der Waals surface area contributed by atoms with Gasteiger partial charge in [-0.25, -0.2) is 14.4 Å². The number of benzene rings is 2. The zero-order chi connectivity index (χ0) is 28.1. The summed E-state index contributed by atoms with van der Waals surface area (Å²) in [6.45, 7) is 7.18. The van der Waals surface area contributed by atoms with Crippen LogP contribution in [0.3, 0.4) is 0 Å². The predicted molar refractivity (Wildman–Crippen MR) is 153 cm³/mol. The van der Waals surface area contributed by atoms with E-state index in [0.29, 0.717) is 54.3 Å². The number of carbonyl (C=O) groups excluding carboxylic acids is 1. The number of aromatic nitrogens is 3. The first-order valence-corrected chi connectivity index (χ1v) is 13.0. The Morgan fingerprint density at radius 2 is 1.80 bits per heavy atom. The molecule has 3 heterocycles. The van der Waals surface area contributed by atoms with Crippen molar-refractivity contribution in [2.24, 2.45) is 0 Å². The number of rotatable bonds is 5. The van der Waals surface area contributed by atoms with Gasteiger partial charge in [0.05, 0.1) is 25.1 Å². The number of imidazole rings is 1. The molecule has 0 atom stereocenters. The van der Waals surface area contributed by atoms with E-state index in [1.807, 2.05) is 13.0 Å². The van der Waals surface area contributed by atoms with Crippen molar-refractivity contribution in [3.8, 4) is 17.0 Å². The molecule has 0 spiro atoms. The molecule has 0 aliphatic carbocycles. The molecule has 11 heteroatoms. The Morgan fingerprint density at radius 3 is 2.44 bits per heavy atom. The van der Waals surface area contributed by atoms with Crippen LogP contribution in [0, 0.1) is 26.0 Å². The van der Waals surface area contributed by atoms with Crippen LogP contribution in [0.5, 0.6) is 5.75 Å². The normalized spacial score (nSPS) is 13.0. The molecule has 1 saturated heterocycles. The zero-order valence-corrected chi connectivity index (χ0v) is 26.9. The minimum absolute atomic E-state index is 0. The summed E-state index contributed by atoms with van der Waals surface area (Å²) in [6, 6.07) is 8.20. The number of amides is 1. The quantitative estimate of drug-likeness (QED) is 0.238. The van der Waals surface area contributed by atoms with Crippen LogP contribution in [-0.4, -0.2) is 56.6 Å². The first kappa shape index (κ1) is 33.8. The number of halogens is 2. The summed E-state index contributed by atoms with van der Waals surface area (Å²) in [5.41, 5.74) is 2.92. The van der Waals surface area contributed by atoms with Gasteiger partial charge in [0.1, 0.15) is 0 Å². The van der Waals surface area contributed by atoms with Gasteiger partial charge in [0.25, 0.3) is 5.91 Å². The van der Waals surface area contributed by atoms with Crippen molar-refractivity contribution in [1.29, 1.82) is 0 Å². The van der Waals surface area contributed by atoms with Gasteiger partial charge < -0.3 is 27.5 Å². The average molecular weight is 736 g/mol. The number of hydrogen-bond donors (Lipinski definition) is 2. The molecule has 2 aromatic carbocycles. The summed E-state index contributed by atoms with van der Waals surface area (Å²) in [5, 5.41) is 12.9. The zero-order valence-electron chi connectivity index (χ0n) is 23.9. The number of piperidine rings is 1. The van der Waals surface area contributed by atoms with Crippen LogP contribution in [0.15, 0.2) is 48.9 Å². The number of ether oxygens (including phenoxy) is 1. The van der Waals surface area contributed by atoms with Gasteiger partial charge in [-0.05, 0) is 55.7 Å². The van der Waals surface area contributed by atoms with Crippen LogP contribution in [0.25, 0.3) is 16.9 Å². The third-order valence-electron chi connectivity index (χ3n) is 6.44. The molecule has 0 unspecified atom stereocenters. The first-order chi connectivity index (χ1) is 18.8. The molecule has 220 valence electrons. The van der Waals surface area contributed by atoms with E-state index < -0.39 is 11.6 Å². The summed E-state index contributed by atoms with van der Waals surface area (Å²) >= 11 is 0. The Balaban J connectivity index is 0.00000113. The van der Waals surface area contributed by atoms with Crippen molar-refractivity contribution in [1.82, 2.24) is 19.3 Å². The molecular weight excluding hydrogens is 700 g/mol. The Kier molecular flexibility index (Phi) is 12.4. The summed E-state index contributed by atoms with van der Waals surface area (Å²) in [4.78, 5) is 23.4. The van der Waals surface area contributed by atoms with Crippen LogP contribution >= 0.6 is 0 Å². The summed E-state index contributed by atoms with van der Waals surface area (Å²) < 4.78 is 35.5. The molecule has 1 aliphatic rings. The second kappa shape index (κ2) is 15.0. The monoisotopic (exact) mass is 736 g/mol. The molecule has 1 aliphatic heterocycles.